The monoisotopic (exact) mass is 518 g/mol. The highest BCUT2D eigenvalue weighted by atomic mass is 35.5. The third kappa shape index (κ3) is 8.03. The number of carbonyl (C=O) groups excluding carboxylic acids is 3. The molecule has 1 fully saturated rings. The molecule has 0 bridgehead atoms. The van der Waals surface area contributed by atoms with Crippen LogP contribution in [0.15, 0.2) is 54.6 Å². The molecule has 0 aliphatic carbocycles. The molecule has 196 valence electrons. The Hall–Kier alpha value is -2.97. The fourth-order valence-electron chi connectivity index (χ4n) is 4.35. The lowest BCUT2D eigenvalue weighted by molar-refractivity contribution is -0.405. The zero-order valence-electron chi connectivity index (χ0n) is 20.9. The summed E-state index contributed by atoms with van der Waals surface area (Å²) in [5.74, 6) is -1.31. The Kier molecular flexibility index (Phi) is 11.3. The molecule has 0 aromatic heterocycles. The van der Waals surface area contributed by atoms with Gasteiger partial charge in [-0.15, -0.1) is 0 Å². The maximum Gasteiger partial charge on any atom is 0.281 e. The van der Waals surface area contributed by atoms with Crippen LogP contribution in [0.4, 0.5) is 4.39 Å². The molecular formula is C27H36ClFN4O3. The molecule has 2 aromatic carbocycles. The average Bonchev–Trinajstić information content (AvgIpc) is 2.86. The third-order valence-corrected chi connectivity index (χ3v) is 6.51. The van der Waals surface area contributed by atoms with E-state index in [0.29, 0.717) is 37.9 Å². The summed E-state index contributed by atoms with van der Waals surface area (Å²) in [6, 6.07) is 15.0. The van der Waals surface area contributed by atoms with Gasteiger partial charge >= 0.3 is 0 Å². The summed E-state index contributed by atoms with van der Waals surface area (Å²) in [6.45, 7) is 4.75. The summed E-state index contributed by atoms with van der Waals surface area (Å²) in [7, 11) is 0. The van der Waals surface area contributed by atoms with E-state index in [0.717, 1.165) is 5.56 Å². The van der Waals surface area contributed by atoms with Crippen molar-refractivity contribution in [2.75, 3.05) is 13.1 Å². The van der Waals surface area contributed by atoms with Gasteiger partial charge in [0.15, 0.2) is 6.04 Å². The van der Waals surface area contributed by atoms with Crippen LogP contribution in [-0.2, 0) is 27.3 Å². The Bertz CT molecular complexity index is 1010. The molecule has 1 aliphatic heterocycles. The van der Waals surface area contributed by atoms with Gasteiger partial charge in [-0.2, -0.15) is 0 Å². The second-order valence-electron chi connectivity index (χ2n) is 9.53. The van der Waals surface area contributed by atoms with Crippen molar-refractivity contribution in [1.82, 2.24) is 15.5 Å². The van der Waals surface area contributed by atoms with E-state index in [1.165, 1.54) is 6.07 Å². The molecule has 9 heteroatoms. The Balaban J connectivity index is 0.00000456. The van der Waals surface area contributed by atoms with Gasteiger partial charge in [0.05, 0.1) is 0 Å². The van der Waals surface area contributed by atoms with Crippen LogP contribution in [0.25, 0.3) is 0 Å². The maximum absolute atomic E-state index is 13.8. The fourth-order valence-corrected chi connectivity index (χ4v) is 4.35. The molecule has 7 nitrogen and oxygen atoms in total. The van der Waals surface area contributed by atoms with Crippen molar-refractivity contribution in [2.45, 2.75) is 51.7 Å². The molecule has 2 atom stereocenters. The number of amides is 3. The summed E-state index contributed by atoms with van der Waals surface area (Å²) >= 11 is 0. The minimum atomic E-state index is -0.718. The maximum atomic E-state index is 13.8. The van der Waals surface area contributed by atoms with Crippen LogP contribution < -0.4 is 28.8 Å². The summed E-state index contributed by atoms with van der Waals surface area (Å²) in [5, 5.41) is 5.61. The number of likely N-dealkylation sites (tertiary alicyclic amines) is 1. The van der Waals surface area contributed by atoms with Crippen molar-refractivity contribution in [3.05, 3.63) is 71.5 Å². The van der Waals surface area contributed by atoms with Crippen molar-refractivity contribution >= 4 is 17.7 Å². The highest BCUT2D eigenvalue weighted by Crippen LogP contribution is 2.19. The van der Waals surface area contributed by atoms with Gasteiger partial charge in [-0.1, -0.05) is 62.4 Å². The van der Waals surface area contributed by atoms with Crippen LogP contribution in [0, 0.1) is 17.7 Å². The van der Waals surface area contributed by atoms with E-state index in [2.05, 4.69) is 16.4 Å². The number of hydrogen-bond acceptors (Lipinski definition) is 3. The Morgan fingerprint density at radius 2 is 1.64 bits per heavy atom. The number of hydrogen-bond donors (Lipinski definition) is 3. The molecule has 3 amide bonds. The number of piperidine rings is 1. The largest absolute Gasteiger partial charge is 1.00 e. The quantitative estimate of drug-likeness (QED) is 0.383. The van der Waals surface area contributed by atoms with Gasteiger partial charge in [0.1, 0.15) is 11.9 Å². The lowest BCUT2D eigenvalue weighted by atomic mass is 9.93. The second-order valence-corrected chi connectivity index (χ2v) is 9.53. The van der Waals surface area contributed by atoms with Crippen molar-refractivity contribution < 1.29 is 36.9 Å². The number of carbonyl (C=O) groups is 3. The van der Waals surface area contributed by atoms with Gasteiger partial charge in [0.2, 0.25) is 11.8 Å². The van der Waals surface area contributed by atoms with Gasteiger partial charge in [-0.25, -0.2) is 4.39 Å². The van der Waals surface area contributed by atoms with E-state index in [1.54, 1.807) is 23.1 Å². The van der Waals surface area contributed by atoms with E-state index in [1.807, 2.05) is 44.2 Å². The molecule has 1 aliphatic rings. The molecule has 0 unspecified atom stereocenters. The zero-order chi connectivity index (χ0) is 25.4. The fraction of sp³-hybridized carbons (Fsp3) is 0.444. The number of halogens is 2. The second kappa shape index (κ2) is 13.9. The minimum Gasteiger partial charge on any atom is -1.00 e. The SMILES string of the molecule is CC(C)[C@H](NC(=O)C1CCN(C(=O)[C@@H]([NH3+])Cc2ccccc2)CC1)C(=O)NCc1ccccc1F.[Cl-]. The lowest BCUT2D eigenvalue weighted by Crippen LogP contribution is -3.00. The molecule has 5 N–H and O–H groups in total. The van der Waals surface area contributed by atoms with Crippen LogP contribution in [-0.4, -0.2) is 47.8 Å². The van der Waals surface area contributed by atoms with Crippen molar-refractivity contribution in [2.24, 2.45) is 11.8 Å². The zero-order valence-corrected chi connectivity index (χ0v) is 21.6. The minimum absolute atomic E-state index is 0. The van der Waals surface area contributed by atoms with E-state index < -0.39 is 6.04 Å². The molecule has 3 rings (SSSR count). The number of nitrogens with zero attached hydrogens (tertiary/aromatic N) is 1. The van der Waals surface area contributed by atoms with Gasteiger partial charge in [0, 0.05) is 37.5 Å². The first-order valence-corrected chi connectivity index (χ1v) is 12.2. The third-order valence-electron chi connectivity index (χ3n) is 6.51. The first kappa shape index (κ1) is 29.3. The molecule has 2 aromatic rings. The Morgan fingerprint density at radius 3 is 2.25 bits per heavy atom. The summed E-state index contributed by atoms with van der Waals surface area (Å²) < 4.78 is 13.8. The topological polar surface area (TPSA) is 106 Å². The van der Waals surface area contributed by atoms with E-state index in [-0.39, 0.29) is 60.4 Å². The van der Waals surface area contributed by atoms with Crippen LogP contribution in [0.2, 0.25) is 0 Å². The predicted octanol–water partition coefficient (Wildman–Crippen LogP) is -1.32. The van der Waals surface area contributed by atoms with Gasteiger partial charge < -0.3 is 33.7 Å². The van der Waals surface area contributed by atoms with Crippen LogP contribution >= 0.6 is 0 Å². The molecule has 1 saturated heterocycles. The number of quaternary nitrogens is 1. The summed E-state index contributed by atoms with van der Waals surface area (Å²) in [5.41, 5.74) is 5.51. The van der Waals surface area contributed by atoms with E-state index >= 15 is 0 Å². The number of rotatable bonds is 9. The van der Waals surface area contributed by atoms with E-state index in [9.17, 15) is 18.8 Å². The van der Waals surface area contributed by atoms with Crippen molar-refractivity contribution in [3.8, 4) is 0 Å². The molecule has 1 heterocycles. The smallest absolute Gasteiger partial charge is 0.281 e. The predicted molar refractivity (Wildman–Crippen MR) is 131 cm³/mol. The highest BCUT2D eigenvalue weighted by Gasteiger charge is 2.33. The van der Waals surface area contributed by atoms with Crippen molar-refractivity contribution in [1.29, 1.82) is 0 Å². The van der Waals surface area contributed by atoms with Gasteiger partial charge in [-0.3, -0.25) is 14.4 Å². The molecule has 0 spiro atoms. The van der Waals surface area contributed by atoms with Gasteiger partial charge in [0.25, 0.3) is 5.91 Å². The van der Waals surface area contributed by atoms with Crippen LogP contribution in [0.3, 0.4) is 0 Å². The first-order chi connectivity index (χ1) is 16.8. The number of nitrogens with one attached hydrogen (secondary N) is 2. The first-order valence-electron chi connectivity index (χ1n) is 12.2. The standard InChI is InChI=1S/C27H35FN4O3.ClH/c1-18(2)24(26(34)30-17-21-10-6-7-11-22(21)28)31-25(33)20-12-14-32(15-13-20)27(35)23(29)16-19-8-4-3-5-9-19;/h3-11,18,20,23-24H,12-17,29H2,1-2H3,(H,30,34)(H,31,33);1H/t23-,24-;/m0./s1. The summed E-state index contributed by atoms with van der Waals surface area (Å²) in [6.07, 6.45) is 1.66. The molecule has 0 radical (unpaired) electrons. The molecular weight excluding hydrogens is 483 g/mol. The normalized spacial score (nSPS) is 15.5. The Labute approximate surface area is 218 Å². The average molecular weight is 519 g/mol. The van der Waals surface area contributed by atoms with Crippen LogP contribution in [0.1, 0.15) is 37.8 Å². The van der Waals surface area contributed by atoms with E-state index in [4.69, 9.17) is 0 Å². The summed E-state index contributed by atoms with van der Waals surface area (Å²) in [4.78, 5) is 40.3. The Morgan fingerprint density at radius 1 is 1.03 bits per heavy atom. The number of benzene rings is 2. The molecule has 0 saturated carbocycles. The molecule has 36 heavy (non-hydrogen) atoms. The highest BCUT2D eigenvalue weighted by molar-refractivity contribution is 5.89. The van der Waals surface area contributed by atoms with Gasteiger partial charge in [-0.05, 0) is 30.4 Å². The lowest BCUT2D eigenvalue weighted by Gasteiger charge is -2.33. The van der Waals surface area contributed by atoms with Crippen molar-refractivity contribution in [3.63, 3.8) is 0 Å². The van der Waals surface area contributed by atoms with Crippen LogP contribution in [0.5, 0.6) is 0 Å².